The summed E-state index contributed by atoms with van der Waals surface area (Å²) in [5.41, 5.74) is 1.32. The number of aryl methyl sites for hydroxylation is 1. The van der Waals surface area contributed by atoms with Crippen LogP contribution in [0.1, 0.15) is 26.6 Å². The summed E-state index contributed by atoms with van der Waals surface area (Å²) >= 11 is 0. The summed E-state index contributed by atoms with van der Waals surface area (Å²) in [7, 11) is -3.32. The fraction of sp³-hybridized carbons (Fsp3) is 0.462. The van der Waals surface area contributed by atoms with Crippen molar-refractivity contribution in [3.8, 4) is 11.3 Å². The minimum absolute atomic E-state index is 0.0114. The molecule has 0 spiro atoms. The van der Waals surface area contributed by atoms with Gasteiger partial charge in [0.05, 0.1) is 18.0 Å². The van der Waals surface area contributed by atoms with E-state index in [1.165, 1.54) is 6.26 Å². The predicted octanol–water partition coefficient (Wildman–Crippen LogP) is 1.86. The number of carbonyl (C=O) groups is 2. The fourth-order valence-electron chi connectivity index (χ4n) is 4.15. The fourth-order valence-corrected chi connectivity index (χ4v) is 4.78. The molecule has 1 aromatic carbocycles. The van der Waals surface area contributed by atoms with Crippen LogP contribution in [0.5, 0.6) is 0 Å². The Bertz CT molecular complexity index is 1290. The Morgan fingerprint density at radius 1 is 1.13 bits per heavy atom. The van der Waals surface area contributed by atoms with E-state index in [4.69, 9.17) is 0 Å². The second kappa shape index (κ2) is 12.8. The monoisotopic (exact) mass is 543 g/mol. The number of piperazine rings is 1. The lowest BCUT2D eigenvalue weighted by molar-refractivity contribution is -0.131. The van der Waals surface area contributed by atoms with Crippen LogP contribution in [0.3, 0.4) is 0 Å². The van der Waals surface area contributed by atoms with Crippen molar-refractivity contribution in [3.63, 3.8) is 0 Å². The van der Waals surface area contributed by atoms with Gasteiger partial charge in [-0.15, -0.1) is 0 Å². The van der Waals surface area contributed by atoms with Crippen LogP contribution in [0.2, 0.25) is 0 Å². The number of aromatic nitrogens is 2. The molecule has 1 aromatic heterocycles. The predicted molar refractivity (Wildman–Crippen MR) is 150 cm³/mol. The number of hydrogen-bond donors (Lipinski definition) is 2. The molecule has 1 fully saturated rings. The largest absolute Gasteiger partial charge is 0.360 e. The quantitative estimate of drug-likeness (QED) is 0.438. The molecule has 0 saturated carbocycles. The lowest BCUT2D eigenvalue weighted by atomic mass is 10.1. The number of amides is 2. The number of sulfone groups is 1. The molecule has 3 rings (SSSR count). The van der Waals surface area contributed by atoms with Crippen molar-refractivity contribution in [3.05, 3.63) is 36.3 Å². The van der Waals surface area contributed by atoms with Crippen molar-refractivity contribution in [2.45, 2.75) is 38.6 Å². The molecule has 2 N–H and O–H groups in total. The van der Waals surface area contributed by atoms with Crippen LogP contribution < -0.4 is 10.6 Å². The highest BCUT2D eigenvalue weighted by atomic mass is 32.2. The van der Waals surface area contributed by atoms with Gasteiger partial charge in [0.1, 0.15) is 17.3 Å². The molecule has 1 aliphatic rings. The summed E-state index contributed by atoms with van der Waals surface area (Å²) in [6.07, 6.45) is 6.21. The highest BCUT2D eigenvalue weighted by Crippen LogP contribution is 2.30. The molecule has 0 unspecified atom stereocenters. The van der Waals surface area contributed by atoms with E-state index in [0.717, 1.165) is 5.56 Å². The number of rotatable bonds is 10. The normalized spacial score (nSPS) is 15.1. The van der Waals surface area contributed by atoms with Gasteiger partial charge in [0.15, 0.2) is 9.84 Å². The van der Waals surface area contributed by atoms with Gasteiger partial charge in [-0.1, -0.05) is 12.1 Å². The maximum absolute atomic E-state index is 13.1. The number of benzene rings is 1. The van der Waals surface area contributed by atoms with Crippen LogP contribution in [0.25, 0.3) is 17.5 Å². The molecule has 206 valence electrons. The van der Waals surface area contributed by atoms with E-state index < -0.39 is 9.84 Å². The number of imidazole rings is 1. The zero-order chi connectivity index (χ0) is 27.9. The summed E-state index contributed by atoms with van der Waals surface area (Å²) in [5, 5.41) is 6.14. The van der Waals surface area contributed by atoms with Gasteiger partial charge in [-0.3, -0.25) is 24.0 Å². The Balaban J connectivity index is 1.73. The number of nitrogens with zero attached hydrogens (tertiary/aromatic N) is 5. The average Bonchev–Trinajstić information content (AvgIpc) is 3.17. The molecule has 0 bridgehead atoms. The van der Waals surface area contributed by atoms with E-state index in [1.54, 1.807) is 47.8 Å². The maximum Gasteiger partial charge on any atom is 0.242 e. The molecular weight excluding hydrogens is 506 g/mol. The standard InChI is InChI=1S/C26H37N7O4S/c1-6-27-11-12-33-20(4)30-25(21-7-9-22(10-8-21)38(5,36)37)26(33)28-17-24(35)32-15-13-31(14-16-32)18-23(34)29-19(2)3/h6-12,19,28H,13-18H2,1-5H3,(H,29,34). The second-order valence-corrected chi connectivity index (χ2v) is 11.5. The van der Waals surface area contributed by atoms with Crippen molar-refractivity contribution < 1.29 is 18.0 Å². The Labute approximate surface area is 224 Å². The van der Waals surface area contributed by atoms with Gasteiger partial charge < -0.3 is 15.5 Å². The smallest absolute Gasteiger partial charge is 0.242 e. The first-order valence-corrected chi connectivity index (χ1v) is 14.5. The van der Waals surface area contributed by atoms with Crippen LogP contribution in [0.15, 0.2) is 40.4 Å². The summed E-state index contributed by atoms with van der Waals surface area (Å²) in [6.45, 7) is 10.2. The van der Waals surface area contributed by atoms with Crippen LogP contribution in [-0.2, 0) is 19.4 Å². The second-order valence-electron chi connectivity index (χ2n) is 9.46. The van der Waals surface area contributed by atoms with Gasteiger partial charge in [0.25, 0.3) is 0 Å². The summed E-state index contributed by atoms with van der Waals surface area (Å²) in [5.74, 6) is 1.21. The van der Waals surface area contributed by atoms with E-state index in [-0.39, 0.29) is 29.3 Å². The Hall–Kier alpha value is -3.51. The number of anilines is 1. The molecule has 1 saturated heterocycles. The lowest BCUT2D eigenvalue weighted by Gasteiger charge is -2.34. The molecule has 2 amide bonds. The van der Waals surface area contributed by atoms with Gasteiger partial charge in [0, 0.05) is 62.7 Å². The lowest BCUT2D eigenvalue weighted by Crippen LogP contribution is -2.52. The third kappa shape index (κ3) is 7.75. The van der Waals surface area contributed by atoms with E-state index >= 15 is 0 Å². The van der Waals surface area contributed by atoms with Crippen LogP contribution in [0, 0.1) is 6.92 Å². The highest BCUT2D eigenvalue weighted by molar-refractivity contribution is 7.90. The third-order valence-electron chi connectivity index (χ3n) is 6.04. The third-order valence-corrected chi connectivity index (χ3v) is 7.17. The Morgan fingerprint density at radius 3 is 2.37 bits per heavy atom. The van der Waals surface area contributed by atoms with E-state index in [1.807, 2.05) is 37.2 Å². The van der Waals surface area contributed by atoms with Crippen molar-refractivity contribution in [1.82, 2.24) is 24.7 Å². The molecule has 2 aromatic rings. The van der Waals surface area contributed by atoms with Crippen molar-refractivity contribution in [1.29, 1.82) is 0 Å². The molecular formula is C26H37N7O4S. The molecule has 11 nitrogen and oxygen atoms in total. The van der Waals surface area contributed by atoms with E-state index in [9.17, 15) is 18.0 Å². The van der Waals surface area contributed by atoms with Crippen LogP contribution in [-0.4, -0.2) is 97.4 Å². The molecule has 1 aliphatic heterocycles. The number of aliphatic imine (C=N–C) groups is 1. The van der Waals surface area contributed by atoms with Crippen molar-refractivity contribution >= 4 is 39.9 Å². The average molecular weight is 544 g/mol. The molecule has 0 aliphatic carbocycles. The van der Waals surface area contributed by atoms with Gasteiger partial charge in [-0.25, -0.2) is 13.4 Å². The minimum atomic E-state index is -3.32. The number of carbonyl (C=O) groups excluding carboxylic acids is 2. The zero-order valence-corrected chi connectivity index (χ0v) is 23.5. The highest BCUT2D eigenvalue weighted by Gasteiger charge is 2.24. The van der Waals surface area contributed by atoms with E-state index in [2.05, 4.69) is 20.6 Å². The zero-order valence-electron chi connectivity index (χ0n) is 22.6. The van der Waals surface area contributed by atoms with Gasteiger partial charge in [-0.2, -0.15) is 0 Å². The topological polar surface area (TPSA) is 129 Å². The van der Waals surface area contributed by atoms with E-state index in [0.29, 0.717) is 50.1 Å². The first-order chi connectivity index (χ1) is 18.0. The van der Waals surface area contributed by atoms with Gasteiger partial charge in [-0.05, 0) is 39.8 Å². The number of nitrogens with one attached hydrogen (secondary N) is 2. The Morgan fingerprint density at radius 2 is 1.79 bits per heavy atom. The SMILES string of the molecule is CC=NC=Cn1c(C)nc(-c2ccc(S(C)(=O)=O)cc2)c1NCC(=O)N1CCN(CC(=O)NC(C)C)CC1. The molecule has 38 heavy (non-hydrogen) atoms. The molecule has 12 heteroatoms. The first kappa shape index (κ1) is 29.1. The summed E-state index contributed by atoms with van der Waals surface area (Å²) in [6, 6.07) is 6.61. The Kier molecular flexibility index (Phi) is 9.81. The van der Waals surface area contributed by atoms with Crippen LogP contribution >= 0.6 is 0 Å². The first-order valence-electron chi connectivity index (χ1n) is 12.6. The number of hydrogen-bond acceptors (Lipinski definition) is 8. The summed E-state index contributed by atoms with van der Waals surface area (Å²) in [4.78, 5) is 38.0. The maximum atomic E-state index is 13.1. The minimum Gasteiger partial charge on any atom is -0.360 e. The van der Waals surface area contributed by atoms with Crippen molar-refractivity contribution in [2.24, 2.45) is 4.99 Å². The van der Waals surface area contributed by atoms with Gasteiger partial charge >= 0.3 is 0 Å². The molecule has 0 radical (unpaired) electrons. The molecule has 2 heterocycles. The summed E-state index contributed by atoms with van der Waals surface area (Å²) < 4.78 is 25.6. The van der Waals surface area contributed by atoms with Crippen LogP contribution in [0.4, 0.5) is 5.82 Å². The van der Waals surface area contributed by atoms with Gasteiger partial charge in [0.2, 0.25) is 11.8 Å². The molecule has 0 atom stereocenters. The van der Waals surface area contributed by atoms with Crippen molar-refractivity contribution in [2.75, 3.05) is 50.8 Å².